The second kappa shape index (κ2) is 53.9. The van der Waals surface area contributed by atoms with Crippen molar-refractivity contribution in [3.63, 3.8) is 0 Å². The van der Waals surface area contributed by atoms with Crippen molar-refractivity contribution in [1.82, 2.24) is 5.32 Å². The molecule has 0 saturated carbocycles. The van der Waals surface area contributed by atoms with Gasteiger partial charge in [-0.2, -0.15) is 0 Å². The maximum absolute atomic E-state index is 13.2. The van der Waals surface area contributed by atoms with Gasteiger partial charge in [0.05, 0.1) is 25.4 Å². The highest BCUT2D eigenvalue weighted by Crippen LogP contribution is 2.23. The molecule has 1 saturated heterocycles. The minimum absolute atomic E-state index is 0.247. The van der Waals surface area contributed by atoms with Gasteiger partial charge in [0.2, 0.25) is 5.91 Å². The Morgan fingerprint density at radius 2 is 0.789 bits per heavy atom. The van der Waals surface area contributed by atoms with Gasteiger partial charge >= 0.3 is 0 Å². The molecule has 1 amide bonds. The summed E-state index contributed by atoms with van der Waals surface area (Å²) in [5.41, 5.74) is 0. The van der Waals surface area contributed by atoms with E-state index in [9.17, 15) is 40.5 Å². The molecule has 0 aliphatic carbocycles. The van der Waals surface area contributed by atoms with Crippen molar-refractivity contribution in [2.75, 3.05) is 13.2 Å². The van der Waals surface area contributed by atoms with Crippen LogP contribution in [0.2, 0.25) is 0 Å². The Labute approximate surface area is 467 Å². The number of hydrogen-bond acceptors (Lipinski definition) is 10. The van der Waals surface area contributed by atoms with Crippen molar-refractivity contribution in [2.24, 2.45) is 0 Å². The molecular weight excluding hydrogens is 955 g/mol. The summed E-state index contributed by atoms with van der Waals surface area (Å²) < 4.78 is 11.1. The lowest BCUT2D eigenvalue weighted by Gasteiger charge is -2.40. The van der Waals surface area contributed by atoms with E-state index in [1.807, 2.05) is 0 Å². The van der Waals surface area contributed by atoms with E-state index in [1.54, 1.807) is 0 Å². The van der Waals surface area contributed by atoms with Crippen LogP contribution in [-0.4, -0.2) is 110 Å². The standard InChI is InChI=1S/C65H123NO10/c1-3-5-7-9-11-13-15-17-19-20-21-22-23-24-25-26-27-28-29-30-31-32-33-34-35-36-37-39-41-43-45-47-49-51-53-58(69)64(74)66-56(55-75-65-63(73)62(72)61(71)59(54-67)76-65)60(70)57(68)52-50-48-46-44-42-40-38-18-16-14-12-10-8-6-4-2/h18,26-27,38,44,46,56-63,65,67-73H,3-17,19-25,28-37,39-43,45,47-55H2,1-2H3,(H,66,74)/b27-26-,38-18+,46-44+. The second-order valence-electron chi connectivity index (χ2n) is 22.8. The first-order chi connectivity index (χ1) is 37.2. The van der Waals surface area contributed by atoms with Crippen LogP contribution < -0.4 is 5.32 Å². The fourth-order valence-corrected chi connectivity index (χ4v) is 10.4. The van der Waals surface area contributed by atoms with Crippen LogP contribution in [0.4, 0.5) is 0 Å². The number of ether oxygens (including phenoxy) is 2. The molecule has 9 unspecified atom stereocenters. The molecule has 11 heteroatoms. The Balaban J connectivity index is 2.18. The molecule has 1 heterocycles. The maximum Gasteiger partial charge on any atom is 0.249 e. The van der Waals surface area contributed by atoms with Gasteiger partial charge in [0.25, 0.3) is 0 Å². The van der Waals surface area contributed by atoms with E-state index in [0.717, 1.165) is 38.5 Å². The molecule has 1 fully saturated rings. The molecule has 1 rings (SSSR count). The number of carbonyl (C=O) groups excluding carboxylic acids is 1. The first-order valence-corrected chi connectivity index (χ1v) is 32.4. The molecule has 9 atom stereocenters. The van der Waals surface area contributed by atoms with Gasteiger partial charge in [0.1, 0.15) is 36.6 Å². The Bertz CT molecular complexity index is 1330. The molecule has 0 bridgehead atoms. The lowest BCUT2D eigenvalue weighted by atomic mass is 9.98. The summed E-state index contributed by atoms with van der Waals surface area (Å²) in [6.45, 7) is 3.45. The molecule has 0 radical (unpaired) electrons. The van der Waals surface area contributed by atoms with Crippen LogP contribution in [0.1, 0.15) is 303 Å². The van der Waals surface area contributed by atoms with Gasteiger partial charge < -0.3 is 50.5 Å². The Hall–Kier alpha value is -1.67. The fraction of sp³-hybridized carbons (Fsp3) is 0.892. The first-order valence-electron chi connectivity index (χ1n) is 32.4. The summed E-state index contributed by atoms with van der Waals surface area (Å²) in [5, 5.41) is 76.1. The summed E-state index contributed by atoms with van der Waals surface area (Å²) in [4.78, 5) is 13.2. The van der Waals surface area contributed by atoms with E-state index < -0.39 is 74.2 Å². The topological polar surface area (TPSA) is 189 Å². The van der Waals surface area contributed by atoms with Crippen molar-refractivity contribution < 1.29 is 50.0 Å². The Morgan fingerprint density at radius 3 is 1.17 bits per heavy atom. The van der Waals surface area contributed by atoms with Crippen LogP contribution in [0.3, 0.4) is 0 Å². The molecule has 11 nitrogen and oxygen atoms in total. The molecule has 76 heavy (non-hydrogen) atoms. The third-order valence-electron chi connectivity index (χ3n) is 15.6. The van der Waals surface area contributed by atoms with E-state index in [-0.39, 0.29) is 12.8 Å². The van der Waals surface area contributed by atoms with Crippen molar-refractivity contribution in [2.45, 2.75) is 358 Å². The summed E-state index contributed by atoms with van der Waals surface area (Å²) in [6.07, 6.45) is 56.7. The van der Waals surface area contributed by atoms with Crippen LogP contribution in [0.15, 0.2) is 36.5 Å². The van der Waals surface area contributed by atoms with Crippen LogP contribution in [0, 0.1) is 0 Å². The Kier molecular flexibility index (Phi) is 51.3. The number of hydrogen-bond donors (Lipinski definition) is 8. The number of rotatable bonds is 56. The maximum atomic E-state index is 13.2. The molecule has 448 valence electrons. The monoisotopic (exact) mass is 1080 g/mol. The molecule has 0 aromatic heterocycles. The van der Waals surface area contributed by atoms with Gasteiger partial charge in [-0.05, 0) is 77.0 Å². The van der Waals surface area contributed by atoms with Crippen LogP contribution in [0.5, 0.6) is 0 Å². The highest BCUT2D eigenvalue weighted by molar-refractivity contribution is 5.80. The highest BCUT2D eigenvalue weighted by atomic mass is 16.7. The number of carbonyl (C=O) groups is 1. The minimum atomic E-state index is -1.67. The van der Waals surface area contributed by atoms with Crippen molar-refractivity contribution in [3.05, 3.63) is 36.5 Å². The largest absolute Gasteiger partial charge is 0.394 e. The molecule has 0 spiro atoms. The smallest absolute Gasteiger partial charge is 0.249 e. The van der Waals surface area contributed by atoms with E-state index in [4.69, 9.17) is 9.47 Å². The lowest BCUT2D eigenvalue weighted by molar-refractivity contribution is -0.303. The van der Waals surface area contributed by atoms with Gasteiger partial charge in [-0.25, -0.2) is 0 Å². The van der Waals surface area contributed by atoms with Gasteiger partial charge in [-0.15, -0.1) is 0 Å². The zero-order chi connectivity index (χ0) is 55.4. The van der Waals surface area contributed by atoms with Crippen molar-refractivity contribution >= 4 is 5.91 Å². The molecule has 1 aliphatic heterocycles. The third-order valence-corrected chi connectivity index (χ3v) is 15.6. The predicted octanol–water partition coefficient (Wildman–Crippen LogP) is 14.6. The fourth-order valence-electron chi connectivity index (χ4n) is 10.4. The number of allylic oxidation sites excluding steroid dienone is 6. The van der Waals surface area contributed by atoms with E-state index >= 15 is 0 Å². The van der Waals surface area contributed by atoms with Crippen LogP contribution >= 0.6 is 0 Å². The molecule has 0 aromatic rings. The van der Waals surface area contributed by atoms with Crippen LogP contribution in [-0.2, 0) is 14.3 Å². The summed E-state index contributed by atoms with van der Waals surface area (Å²) in [7, 11) is 0. The van der Waals surface area contributed by atoms with Crippen LogP contribution in [0.25, 0.3) is 0 Å². The molecule has 8 N–H and O–H groups in total. The lowest BCUT2D eigenvalue weighted by Crippen LogP contribution is -2.60. The Morgan fingerprint density at radius 1 is 0.447 bits per heavy atom. The zero-order valence-corrected chi connectivity index (χ0v) is 49.2. The number of unbranched alkanes of at least 4 members (excludes halogenated alkanes) is 38. The number of amides is 1. The quantitative estimate of drug-likeness (QED) is 0.0215. The summed E-state index contributed by atoms with van der Waals surface area (Å²) >= 11 is 0. The van der Waals surface area contributed by atoms with E-state index in [2.05, 4.69) is 55.6 Å². The molecule has 1 aliphatic rings. The van der Waals surface area contributed by atoms with Gasteiger partial charge in [-0.1, -0.05) is 262 Å². The van der Waals surface area contributed by atoms with Gasteiger partial charge in [0, 0.05) is 0 Å². The third kappa shape index (κ3) is 41.4. The van der Waals surface area contributed by atoms with Gasteiger partial charge in [-0.3, -0.25) is 4.79 Å². The van der Waals surface area contributed by atoms with E-state index in [1.165, 1.54) is 218 Å². The van der Waals surface area contributed by atoms with Gasteiger partial charge in [0.15, 0.2) is 6.29 Å². The van der Waals surface area contributed by atoms with E-state index in [0.29, 0.717) is 19.3 Å². The zero-order valence-electron chi connectivity index (χ0n) is 49.2. The van der Waals surface area contributed by atoms with Crippen molar-refractivity contribution in [3.8, 4) is 0 Å². The minimum Gasteiger partial charge on any atom is -0.394 e. The molecular formula is C65H123NO10. The summed E-state index contributed by atoms with van der Waals surface area (Å²) in [6, 6.07) is -1.19. The first kappa shape index (κ1) is 72.3. The average Bonchev–Trinajstić information content (AvgIpc) is 3.42. The normalized spacial score (nSPS) is 19.8. The second-order valence-corrected chi connectivity index (χ2v) is 22.8. The number of aliphatic hydroxyl groups is 7. The number of aliphatic hydroxyl groups excluding tert-OH is 7. The van der Waals surface area contributed by atoms with Crippen molar-refractivity contribution in [1.29, 1.82) is 0 Å². The SMILES string of the molecule is CCCCCCCC/C=C/CC/C=C/CCCC(O)C(O)C(COC1OC(CO)C(O)C(O)C1O)NC(=O)C(O)CCCCCCCCCCCCCCCCCC/C=C\CCCCCCCCCCCCCCCC. The average molecular weight is 1080 g/mol. The molecule has 0 aromatic carbocycles. The number of nitrogens with one attached hydrogen (secondary N) is 1. The summed E-state index contributed by atoms with van der Waals surface area (Å²) in [5.74, 6) is -0.707. The predicted molar refractivity (Wildman–Crippen MR) is 316 cm³/mol. The highest BCUT2D eigenvalue weighted by Gasteiger charge is 2.44.